The van der Waals surface area contributed by atoms with Gasteiger partial charge in [-0.2, -0.15) is 17.0 Å². The molecule has 1 aromatic rings. The molecule has 6 nitrogen and oxygen atoms in total. The third-order valence-corrected chi connectivity index (χ3v) is 6.91. The van der Waals surface area contributed by atoms with Gasteiger partial charge in [-0.1, -0.05) is 30.3 Å². The Morgan fingerprint density at radius 3 is 2.35 bits per heavy atom. The fraction of sp³-hybridized carbons (Fsp3) is 0.625. The van der Waals surface area contributed by atoms with Gasteiger partial charge in [0.2, 0.25) is 0 Å². The van der Waals surface area contributed by atoms with Gasteiger partial charge >= 0.3 is 0 Å². The minimum Gasteiger partial charge on any atom is -0.381 e. The molecule has 0 bridgehead atoms. The van der Waals surface area contributed by atoms with Gasteiger partial charge in [-0.3, -0.25) is 0 Å². The molecule has 0 radical (unpaired) electrons. The molecule has 23 heavy (non-hydrogen) atoms. The molecule has 2 saturated heterocycles. The summed E-state index contributed by atoms with van der Waals surface area (Å²) in [4.78, 5) is 0. The lowest BCUT2D eigenvalue weighted by molar-refractivity contribution is 0.0593. The van der Waals surface area contributed by atoms with Crippen LogP contribution in [0.4, 0.5) is 0 Å². The van der Waals surface area contributed by atoms with E-state index in [9.17, 15) is 8.42 Å². The average Bonchev–Trinajstić information content (AvgIpc) is 2.98. The van der Waals surface area contributed by atoms with Crippen LogP contribution >= 0.6 is 0 Å². The molecule has 2 fully saturated rings. The van der Waals surface area contributed by atoms with Gasteiger partial charge in [0.25, 0.3) is 10.2 Å². The number of nitrogens with zero attached hydrogens (tertiary/aromatic N) is 2. The number of rotatable bonds is 4. The third-order valence-electron chi connectivity index (χ3n) is 4.95. The van der Waals surface area contributed by atoms with Crippen LogP contribution in [0.2, 0.25) is 0 Å². The van der Waals surface area contributed by atoms with Crippen molar-refractivity contribution in [1.29, 1.82) is 0 Å². The maximum atomic E-state index is 12.9. The zero-order valence-corrected chi connectivity index (χ0v) is 14.3. The molecule has 3 rings (SSSR count). The molecule has 0 saturated carbocycles. The van der Waals surface area contributed by atoms with Gasteiger partial charge in [0.15, 0.2) is 0 Å². The number of benzene rings is 1. The molecule has 2 atom stereocenters. The van der Waals surface area contributed by atoms with Crippen LogP contribution in [-0.2, 0) is 14.9 Å². The van der Waals surface area contributed by atoms with Gasteiger partial charge in [0, 0.05) is 45.2 Å². The SMILES string of the molecule is COC1CCN(S(=O)(=O)N2C[C@@H](N)[C@H](c3ccccc3)C2)CC1. The van der Waals surface area contributed by atoms with Crippen molar-refractivity contribution >= 4 is 10.2 Å². The van der Waals surface area contributed by atoms with Crippen molar-refractivity contribution in [3.05, 3.63) is 35.9 Å². The number of hydrogen-bond donors (Lipinski definition) is 1. The highest BCUT2D eigenvalue weighted by Gasteiger charge is 2.41. The van der Waals surface area contributed by atoms with Crippen molar-refractivity contribution in [2.45, 2.75) is 30.9 Å². The second-order valence-electron chi connectivity index (χ2n) is 6.34. The Morgan fingerprint density at radius 2 is 1.74 bits per heavy atom. The number of nitrogens with two attached hydrogens (primary N) is 1. The fourth-order valence-corrected chi connectivity index (χ4v) is 5.20. The van der Waals surface area contributed by atoms with E-state index in [-0.39, 0.29) is 18.1 Å². The largest absolute Gasteiger partial charge is 0.381 e. The quantitative estimate of drug-likeness (QED) is 0.879. The fourth-order valence-electron chi connectivity index (χ4n) is 3.49. The first kappa shape index (κ1) is 16.9. The van der Waals surface area contributed by atoms with Crippen LogP contribution in [0, 0.1) is 0 Å². The van der Waals surface area contributed by atoms with Crippen molar-refractivity contribution < 1.29 is 13.2 Å². The summed E-state index contributed by atoms with van der Waals surface area (Å²) in [6.07, 6.45) is 1.66. The lowest BCUT2D eigenvalue weighted by Crippen LogP contribution is -2.47. The smallest absolute Gasteiger partial charge is 0.282 e. The first-order chi connectivity index (χ1) is 11.0. The molecular weight excluding hydrogens is 314 g/mol. The number of methoxy groups -OCH3 is 1. The highest BCUT2D eigenvalue weighted by molar-refractivity contribution is 7.86. The van der Waals surface area contributed by atoms with Crippen molar-refractivity contribution in [3.8, 4) is 0 Å². The van der Waals surface area contributed by atoms with E-state index in [4.69, 9.17) is 10.5 Å². The summed E-state index contributed by atoms with van der Waals surface area (Å²) >= 11 is 0. The van der Waals surface area contributed by atoms with E-state index >= 15 is 0 Å². The first-order valence-corrected chi connectivity index (χ1v) is 9.50. The summed E-state index contributed by atoms with van der Waals surface area (Å²) in [5.74, 6) is 0.0579. The summed E-state index contributed by atoms with van der Waals surface area (Å²) in [6, 6.07) is 9.76. The normalized spacial score (nSPS) is 28.3. The van der Waals surface area contributed by atoms with Gasteiger partial charge in [-0.05, 0) is 18.4 Å². The molecule has 0 unspecified atom stereocenters. The molecule has 2 aliphatic heterocycles. The molecule has 0 spiro atoms. The van der Waals surface area contributed by atoms with E-state index in [0.717, 1.165) is 18.4 Å². The van der Waals surface area contributed by atoms with Gasteiger partial charge in [0.05, 0.1) is 6.10 Å². The molecule has 0 aliphatic carbocycles. The van der Waals surface area contributed by atoms with Gasteiger partial charge in [-0.25, -0.2) is 0 Å². The first-order valence-electron chi connectivity index (χ1n) is 8.11. The lowest BCUT2D eigenvalue weighted by Gasteiger charge is -2.33. The molecular formula is C16H25N3O3S. The number of ether oxygens (including phenoxy) is 1. The highest BCUT2D eigenvalue weighted by atomic mass is 32.2. The molecule has 2 aliphatic rings. The summed E-state index contributed by atoms with van der Waals surface area (Å²) in [5, 5.41) is 0. The van der Waals surface area contributed by atoms with Crippen LogP contribution in [0.1, 0.15) is 24.3 Å². The van der Waals surface area contributed by atoms with Crippen molar-refractivity contribution in [1.82, 2.24) is 8.61 Å². The van der Waals surface area contributed by atoms with Crippen LogP contribution in [-0.4, -0.2) is 62.5 Å². The highest BCUT2D eigenvalue weighted by Crippen LogP contribution is 2.30. The minimum atomic E-state index is -3.44. The zero-order valence-electron chi connectivity index (χ0n) is 13.5. The molecule has 1 aromatic carbocycles. The Hall–Kier alpha value is -0.990. The monoisotopic (exact) mass is 339 g/mol. The summed E-state index contributed by atoms with van der Waals surface area (Å²) in [7, 11) is -1.76. The van der Waals surface area contributed by atoms with E-state index in [1.807, 2.05) is 30.3 Å². The Morgan fingerprint density at radius 1 is 1.09 bits per heavy atom. The second kappa shape index (κ2) is 6.86. The van der Waals surface area contributed by atoms with Crippen LogP contribution in [0.5, 0.6) is 0 Å². The standard InChI is InChI=1S/C16H25N3O3S/c1-22-14-7-9-18(10-8-14)23(20,21)19-11-15(16(17)12-19)13-5-3-2-4-6-13/h2-6,14-16H,7-12,17H2,1H3/t15-,16+/m0/s1. The van der Waals surface area contributed by atoms with Crippen molar-refractivity contribution in [2.75, 3.05) is 33.3 Å². The van der Waals surface area contributed by atoms with Crippen molar-refractivity contribution in [3.63, 3.8) is 0 Å². The van der Waals surface area contributed by atoms with Crippen molar-refractivity contribution in [2.24, 2.45) is 5.73 Å². The third kappa shape index (κ3) is 3.44. The predicted molar refractivity (Wildman–Crippen MR) is 89.3 cm³/mol. The minimum absolute atomic E-state index is 0.0579. The second-order valence-corrected chi connectivity index (χ2v) is 8.27. The molecule has 2 heterocycles. The summed E-state index contributed by atoms with van der Waals surface area (Å²) < 4.78 is 34.2. The van der Waals surface area contributed by atoms with E-state index in [2.05, 4.69) is 0 Å². The molecule has 7 heteroatoms. The lowest BCUT2D eigenvalue weighted by atomic mass is 9.95. The Labute approximate surface area is 138 Å². The van der Waals surface area contributed by atoms with E-state index < -0.39 is 10.2 Å². The van der Waals surface area contributed by atoms with E-state index in [1.165, 1.54) is 0 Å². The number of hydrogen-bond acceptors (Lipinski definition) is 4. The molecule has 128 valence electrons. The summed E-state index contributed by atoms with van der Waals surface area (Å²) in [6.45, 7) is 1.87. The maximum absolute atomic E-state index is 12.9. The molecule has 2 N–H and O–H groups in total. The van der Waals surface area contributed by atoms with E-state index in [0.29, 0.717) is 26.2 Å². The number of piperidine rings is 1. The predicted octanol–water partition coefficient (Wildman–Crippen LogP) is 0.769. The van der Waals surface area contributed by atoms with Gasteiger partial charge in [-0.15, -0.1) is 0 Å². The molecule has 0 amide bonds. The van der Waals surface area contributed by atoms with Crippen LogP contribution in [0.3, 0.4) is 0 Å². The Bertz CT molecular complexity index is 615. The Balaban J connectivity index is 1.70. The van der Waals surface area contributed by atoms with Crippen LogP contribution in [0.25, 0.3) is 0 Å². The maximum Gasteiger partial charge on any atom is 0.282 e. The average molecular weight is 339 g/mol. The Kier molecular flexibility index (Phi) is 5.03. The van der Waals surface area contributed by atoms with Crippen LogP contribution in [0.15, 0.2) is 30.3 Å². The van der Waals surface area contributed by atoms with Crippen LogP contribution < -0.4 is 5.73 Å². The summed E-state index contributed by atoms with van der Waals surface area (Å²) in [5.41, 5.74) is 7.33. The zero-order chi connectivity index (χ0) is 16.4. The van der Waals surface area contributed by atoms with Gasteiger partial charge in [0.1, 0.15) is 0 Å². The van der Waals surface area contributed by atoms with Gasteiger partial charge < -0.3 is 10.5 Å². The molecule has 0 aromatic heterocycles. The topological polar surface area (TPSA) is 75.9 Å². The van der Waals surface area contributed by atoms with E-state index in [1.54, 1.807) is 15.7 Å².